The monoisotopic (exact) mass is 562 g/mol. The molecule has 0 fully saturated rings. The van der Waals surface area contributed by atoms with Crippen LogP contribution in [0.3, 0.4) is 0 Å². The van der Waals surface area contributed by atoms with Gasteiger partial charge in [0.05, 0.1) is 24.0 Å². The zero-order valence-electron chi connectivity index (χ0n) is 22.0. The largest absolute Gasteiger partial charge is 1.00 e. The Morgan fingerprint density at radius 3 is 2.52 bits per heavy atom. The van der Waals surface area contributed by atoms with E-state index in [1.54, 1.807) is 42.5 Å². The van der Waals surface area contributed by atoms with Crippen molar-refractivity contribution in [2.45, 2.75) is 32.9 Å². The molecule has 0 unspecified atom stereocenters. The van der Waals surface area contributed by atoms with Gasteiger partial charge in [0, 0.05) is 29.3 Å². The first-order chi connectivity index (χ1) is 18.6. The summed E-state index contributed by atoms with van der Waals surface area (Å²) in [4.78, 5) is 11.1. The summed E-state index contributed by atoms with van der Waals surface area (Å²) in [5.74, 6) is -0.914. The van der Waals surface area contributed by atoms with E-state index in [1.807, 2.05) is 17.6 Å². The van der Waals surface area contributed by atoms with Gasteiger partial charge in [0.15, 0.2) is 5.75 Å². The molecule has 0 amide bonds. The Balaban J connectivity index is 0.00000370. The van der Waals surface area contributed by atoms with Gasteiger partial charge in [0.2, 0.25) is 5.58 Å². The van der Waals surface area contributed by atoms with Crippen molar-refractivity contribution in [3.05, 3.63) is 71.9 Å². The molecule has 12 heteroatoms. The van der Waals surface area contributed by atoms with E-state index in [-0.39, 0.29) is 41.9 Å². The molecule has 2 heterocycles. The summed E-state index contributed by atoms with van der Waals surface area (Å²) < 4.78 is 61.5. The topological polar surface area (TPSA) is 98.8 Å². The second-order valence-electron chi connectivity index (χ2n) is 8.87. The number of carboxylic acids is 1. The van der Waals surface area contributed by atoms with Crippen molar-refractivity contribution in [3.8, 4) is 28.5 Å². The molecular formula is C28H22F3N2NaO6. The maximum absolute atomic E-state index is 13.0. The Morgan fingerprint density at radius 1 is 1.07 bits per heavy atom. The van der Waals surface area contributed by atoms with Crippen LogP contribution in [0.2, 0.25) is 0 Å². The maximum atomic E-state index is 13.0. The number of hydrogen-bond acceptors (Lipinski definition) is 7. The van der Waals surface area contributed by atoms with Crippen molar-refractivity contribution in [2.24, 2.45) is 0 Å². The first-order valence-electron chi connectivity index (χ1n) is 11.8. The molecule has 3 aromatic carbocycles. The molecule has 0 aliphatic heterocycles. The summed E-state index contributed by atoms with van der Waals surface area (Å²) in [7, 11) is 1.52. The van der Waals surface area contributed by atoms with Crippen molar-refractivity contribution in [1.29, 1.82) is 0 Å². The molecule has 0 saturated carbocycles. The number of aromatic nitrogens is 2. The third kappa shape index (κ3) is 5.77. The van der Waals surface area contributed by atoms with E-state index in [4.69, 9.17) is 14.0 Å². The first-order valence-corrected chi connectivity index (χ1v) is 11.8. The van der Waals surface area contributed by atoms with Gasteiger partial charge < -0.3 is 33.2 Å². The van der Waals surface area contributed by atoms with Crippen LogP contribution in [-0.4, -0.2) is 35.3 Å². The summed E-state index contributed by atoms with van der Waals surface area (Å²) in [5, 5.41) is 16.7. The van der Waals surface area contributed by atoms with E-state index >= 15 is 0 Å². The molecule has 0 saturated heterocycles. The predicted molar refractivity (Wildman–Crippen MR) is 134 cm³/mol. The molecule has 0 radical (unpaired) electrons. The number of fused-ring (bicyclic) bond motifs is 2. The minimum Gasteiger partial charge on any atom is -0.546 e. The molecular weight excluding hydrogens is 540 g/mol. The number of alkyl halides is 3. The second-order valence-corrected chi connectivity index (χ2v) is 8.87. The predicted octanol–water partition coefficient (Wildman–Crippen LogP) is 2.23. The number of carboxylic acid groups (broad SMARTS) is 1. The molecule has 8 nitrogen and oxygen atoms in total. The van der Waals surface area contributed by atoms with E-state index in [2.05, 4.69) is 9.89 Å². The van der Waals surface area contributed by atoms with Crippen LogP contribution < -0.4 is 48.9 Å². The fourth-order valence-electron chi connectivity index (χ4n) is 4.59. The van der Waals surface area contributed by atoms with Crippen LogP contribution in [0.15, 0.2) is 65.2 Å². The summed E-state index contributed by atoms with van der Waals surface area (Å²) in [6.07, 6.45) is -6.02. The van der Waals surface area contributed by atoms with Gasteiger partial charge in [-0.3, -0.25) is 0 Å². The van der Waals surface area contributed by atoms with Crippen molar-refractivity contribution in [3.63, 3.8) is 0 Å². The molecule has 0 aliphatic carbocycles. The van der Waals surface area contributed by atoms with E-state index in [1.165, 1.54) is 26.2 Å². The summed E-state index contributed by atoms with van der Waals surface area (Å²) in [5.41, 5.74) is 3.53. The number of carbonyl (C=O) groups is 1. The van der Waals surface area contributed by atoms with Gasteiger partial charge >= 0.3 is 35.9 Å². The normalized spacial score (nSPS) is 12.2. The average Bonchev–Trinajstić information content (AvgIpc) is 3.41. The number of benzene rings is 3. The minimum atomic E-state index is -4.86. The molecule has 5 rings (SSSR count). The molecule has 0 bridgehead atoms. The molecule has 1 atom stereocenters. The zero-order chi connectivity index (χ0) is 27.9. The third-order valence-electron chi connectivity index (χ3n) is 6.33. The summed E-state index contributed by atoms with van der Waals surface area (Å²) >= 11 is 0. The maximum Gasteiger partial charge on any atom is 1.00 e. The van der Waals surface area contributed by atoms with E-state index < -0.39 is 18.4 Å². The zero-order valence-corrected chi connectivity index (χ0v) is 24.0. The fourth-order valence-corrected chi connectivity index (χ4v) is 4.59. The van der Waals surface area contributed by atoms with Crippen LogP contribution in [0.5, 0.6) is 17.2 Å². The number of nitrogens with zero attached hydrogens (tertiary/aromatic N) is 2. The minimum absolute atomic E-state index is 0. The van der Waals surface area contributed by atoms with E-state index in [0.29, 0.717) is 50.3 Å². The Bertz CT molecular complexity index is 1700. The van der Waals surface area contributed by atoms with Crippen LogP contribution in [-0.2, 0) is 11.3 Å². The van der Waals surface area contributed by atoms with Crippen LogP contribution in [0.4, 0.5) is 13.2 Å². The Morgan fingerprint density at radius 2 is 1.82 bits per heavy atom. The van der Waals surface area contributed by atoms with Crippen LogP contribution >= 0.6 is 0 Å². The molecule has 0 aliphatic rings. The molecule has 0 N–H and O–H groups in total. The number of halogens is 3. The van der Waals surface area contributed by atoms with Gasteiger partial charge in [-0.1, -0.05) is 23.4 Å². The molecule has 202 valence electrons. The first kappa shape index (κ1) is 29.3. The fraction of sp³-hybridized carbons (Fsp3) is 0.214. The number of aliphatic carboxylic acids is 1. The van der Waals surface area contributed by atoms with Crippen LogP contribution in [0, 0.1) is 6.92 Å². The van der Waals surface area contributed by atoms with Gasteiger partial charge in [0.25, 0.3) is 0 Å². The standard InChI is InChI=1S/C28H23F3N2O6.Na/c1-15-24(25-21-8-5-9-23(36-3)26(21)39-32-25)20-11-10-19(38-28(29,30)31)13-22(20)33(15)14-17-6-4-7-18(12-17)37-16(2)27(34)35;/h4-13,16H,14H2,1-3H3,(H,34,35);/q;+1/p-1/t16-;/m0./s1. The Kier molecular flexibility index (Phi) is 8.38. The smallest absolute Gasteiger partial charge is 0.546 e. The molecule has 5 aromatic rings. The van der Waals surface area contributed by atoms with Gasteiger partial charge in [-0.15, -0.1) is 13.2 Å². The van der Waals surface area contributed by atoms with E-state index in [0.717, 1.165) is 5.56 Å². The SMILES string of the molecule is COc1cccc2c(-c3c(C)n(Cc4cccc(O[C@@H](C)C(=O)[O-])c4)c4cc(OC(F)(F)F)ccc34)noc12.[Na+]. The van der Waals surface area contributed by atoms with Crippen LogP contribution in [0.1, 0.15) is 18.2 Å². The number of rotatable bonds is 8. The number of methoxy groups -OCH3 is 1. The summed E-state index contributed by atoms with van der Waals surface area (Å²) in [6, 6.07) is 16.3. The quantitative estimate of drug-likeness (QED) is 0.268. The average molecular weight is 562 g/mol. The van der Waals surface area contributed by atoms with Crippen molar-refractivity contribution in [2.75, 3.05) is 7.11 Å². The number of ether oxygens (including phenoxy) is 3. The Labute approximate surface area is 248 Å². The van der Waals surface area contributed by atoms with Crippen molar-refractivity contribution >= 4 is 27.8 Å². The number of carbonyl (C=O) groups excluding carboxylic acids is 1. The van der Waals surface area contributed by atoms with Crippen molar-refractivity contribution < 1.29 is 71.4 Å². The van der Waals surface area contributed by atoms with Crippen LogP contribution in [0.25, 0.3) is 33.1 Å². The van der Waals surface area contributed by atoms with Gasteiger partial charge in [-0.2, -0.15) is 0 Å². The van der Waals surface area contributed by atoms with Crippen molar-refractivity contribution in [1.82, 2.24) is 9.72 Å². The van der Waals surface area contributed by atoms with Gasteiger partial charge in [-0.25, -0.2) is 0 Å². The molecule has 40 heavy (non-hydrogen) atoms. The Hall–Kier alpha value is -3.67. The molecule has 0 spiro atoms. The third-order valence-corrected chi connectivity index (χ3v) is 6.33. The van der Waals surface area contributed by atoms with Gasteiger partial charge in [-0.05, 0) is 55.8 Å². The molecule has 2 aromatic heterocycles. The van der Waals surface area contributed by atoms with E-state index in [9.17, 15) is 23.1 Å². The number of hydrogen-bond donors (Lipinski definition) is 0. The number of para-hydroxylation sites is 1. The summed E-state index contributed by atoms with van der Waals surface area (Å²) in [6.45, 7) is 3.42. The second kappa shape index (κ2) is 11.4. The van der Waals surface area contributed by atoms with Gasteiger partial charge in [0.1, 0.15) is 23.3 Å².